The molecule has 0 fully saturated rings. The molecule has 104 valence electrons. The van der Waals surface area contributed by atoms with E-state index in [4.69, 9.17) is 10.6 Å². The van der Waals surface area contributed by atoms with Crippen LogP contribution in [0.15, 0.2) is 29.4 Å². The average molecular weight is 262 g/mol. The molecule has 1 rings (SSSR count). The first-order valence-electron chi connectivity index (χ1n) is 6.53. The molecule has 4 nitrogen and oxygen atoms in total. The summed E-state index contributed by atoms with van der Waals surface area (Å²) >= 11 is 0. The van der Waals surface area contributed by atoms with Crippen molar-refractivity contribution in [2.24, 2.45) is 10.9 Å². The maximum atomic E-state index is 10.5. The van der Waals surface area contributed by atoms with Crippen LogP contribution in [0.2, 0.25) is 0 Å². The van der Waals surface area contributed by atoms with Crippen molar-refractivity contribution in [2.75, 3.05) is 6.61 Å². The summed E-state index contributed by atoms with van der Waals surface area (Å²) in [5.41, 5.74) is 8.85. The van der Waals surface area contributed by atoms with E-state index in [0.29, 0.717) is 13.0 Å². The molecule has 1 aromatic carbocycles. The minimum atomic E-state index is -0.408. The van der Waals surface area contributed by atoms with Gasteiger partial charge in [0.2, 0.25) is 0 Å². The molecule has 0 aliphatic rings. The molecule has 0 radical (unpaired) electrons. The first-order valence-corrected chi connectivity index (χ1v) is 6.53. The lowest BCUT2D eigenvalue weighted by molar-refractivity contribution is -0.108. The summed E-state index contributed by atoms with van der Waals surface area (Å²) in [6, 6.07) is 7.78. The van der Waals surface area contributed by atoms with Crippen molar-refractivity contribution in [3.05, 3.63) is 35.4 Å². The van der Waals surface area contributed by atoms with Crippen molar-refractivity contribution in [2.45, 2.75) is 39.2 Å². The van der Waals surface area contributed by atoms with Crippen molar-refractivity contribution >= 4 is 12.0 Å². The fourth-order valence-electron chi connectivity index (χ4n) is 1.68. The number of carbonyl (C=O) groups is 1. The fraction of sp³-hybridized carbons (Fsp3) is 0.467. The van der Waals surface area contributed by atoms with Crippen molar-refractivity contribution in [3.8, 4) is 0 Å². The summed E-state index contributed by atoms with van der Waals surface area (Å²) in [6.45, 7) is 4.44. The van der Waals surface area contributed by atoms with Gasteiger partial charge in [0.1, 0.15) is 12.9 Å². The number of hydrogen-bond acceptors (Lipinski definition) is 4. The molecule has 0 aromatic heterocycles. The largest absolute Gasteiger partial charge is 0.396 e. The van der Waals surface area contributed by atoms with Crippen LogP contribution in [0.3, 0.4) is 0 Å². The Morgan fingerprint density at radius 2 is 1.95 bits per heavy atom. The summed E-state index contributed by atoms with van der Waals surface area (Å²) in [6.07, 6.45) is 3.27. The van der Waals surface area contributed by atoms with Gasteiger partial charge in [-0.3, -0.25) is 0 Å². The van der Waals surface area contributed by atoms with Gasteiger partial charge in [-0.2, -0.15) is 0 Å². The van der Waals surface area contributed by atoms with Gasteiger partial charge < -0.3 is 15.4 Å². The molecule has 0 amide bonds. The van der Waals surface area contributed by atoms with Gasteiger partial charge >= 0.3 is 0 Å². The first-order chi connectivity index (χ1) is 9.11. The third kappa shape index (κ3) is 6.72. The Morgan fingerprint density at radius 3 is 2.53 bits per heavy atom. The summed E-state index contributed by atoms with van der Waals surface area (Å²) in [5, 5.41) is 3.88. The van der Waals surface area contributed by atoms with Crippen LogP contribution in [-0.4, -0.2) is 24.6 Å². The molecule has 19 heavy (non-hydrogen) atoms. The Labute approximate surface area is 114 Å². The second kappa shape index (κ2) is 8.43. The topological polar surface area (TPSA) is 64.7 Å². The summed E-state index contributed by atoms with van der Waals surface area (Å²) in [4.78, 5) is 15.6. The van der Waals surface area contributed by atoms with Crippen molar-refractivity contribution < 1.29 is 9.63 Å². The SMILES string of the molecule is CC(C)=NOCCCc1ccc(CC(N)C=O)cc1. The van der Waals surface area contributed by atoms with Crippen LogP contribution in [0.4, 0.5) is 0 Å². The molecule has 0 aliphatic heterocycles. The minimum absolute atomic E-state index is 0.408. The van der Waals surface area contributed by atoms with E-state index in [2.05, 4.69) is 17.3 Å². The maximum Gasteiger partial charge on any atom is 0.137 e. The van der Waals surface area contributed by atoms with Gasteiger partial charge in [-0.1, -0.05) is 29.4 Å². The summed E-state index contributed by atoms with van der Waals surface area (Å²) in [7, 11) is 0. The second-order valence-electron chi connectivity index (χ2n) is 4.80. The summed E-state index contributed by atoms with van der Waals surface area (Å²) < 4.78 is 0. The van der Waals surface area contributed by atoms with Gasteiger partial charge in [0.05, 0.1) is 11.8 Å². The van der Waals surface area contributed by atoms with Gasteiger partial charge in [0, 0.05) is 0 Å². The monoisotopic (exact) mass is 262 g/mol. The highest BCUT2D eigenvalue weighted by Crippen LogP contribution is 2.08. The highest BCUT2D eigenvalue weighted by atomic mass is 16.6. The van der Waals surface area contributed by atoms with E-state index in [-0.39, 0.29) is 0 Å². The molecule has 0 saturated heterocycles. The molecule has 0 aliphatic carbocycles. The van der Waals surface area contributed by atoms with Crippen LogP contribution in [0.1, 0.15) is 31.4 Å². The zero-order chi connectivity index (χ0) is 14.1. The zero-order valence-electron chi connectivity index (χ0n) is 11.6. The van der Waals surface area contributed by atoms with Crippen LogP contribution in [0.5, 0.6) is 0 Å². The normalized spacial score (nSPS) is 11.7. The van der Waals surface area contributed by atoms with E-state index in [1.54, 1.807) is 0 Å². The number of oxime groups is 1. The Hall–Kier alpha value is -1.68. The molecule has 0 saturated carbocycles. The number of carbonyl (C=O) groups excluding carboxylic acids is 1. The Morgan fingerprint density at radius 1 is 1.32 bits per heavy atom. The third-order valence-corrected chi connectivity index (χ3v) is 2.62. The van der Waals surface area contributed by atoms with Gasteiger partial charge in [-0.05, 0) is 44.2 Å². The first kappa shape index (κ1) is 15.4. The Balaban J connectivity index is 2.32. The van der Waals surface area contributed by atoms with Crippen molar-refractivity contribution in [1.82, 2.24) is 0 Å². The van der Waals surface area contributed by atoms with Crippen LogP contribution in [0.25, 0.3) is 0 Å². The molecule has 0 spiro atoms. The quantitative estimate of drug-likeness (QED) is 0.338. The highest BCUT2D eigenvalue weighted by Gasteiger charge is 2.02. The van der Waals surface area contributed by atoms with E-state index >= 15 is 0 Å². The van der Waals surface area contributed by atoms with Crippen LogP contribution in [0, 0.1) is 0 Å². The number of hydrogen-bond donors (Lipinski definition) is 1. The molecule has 0 bridgehead atoms. The molecular formula is C15H22N2O2. The number of nitrogens with zero attached hydrogens (tertiary/aromatic N) is 1. The number of aryl methyl sites for hydroxylation is 1. The van der Waals surface area contributed by atoms with Gasteiger partial charge in [0.15, 0.2) is 0 Å². The zero-order valence-corrected chi connectivity index (χ0v) is 11.6. The molecule has 4 heteroatoms. The number of benzene rings is 1. The smallest absolute Gasteiger partial charge is 0.137 e. The predicted molar refractivity (Wildman–Crippen MR) is 77.2 cm³/mol. The van der Waals surface area contributed by atoms with E-state index < -0.39 is 6.04 Å². The fourth-order valence-corrected chi connectivity index (χ4v) is 1.68. The average Bonchev–Trinajstić information content (AvgIpc) is 2.39. The lowest BCUT2D eigenvalue weighted by Gasteiger charge is -2.06. The summed E-state index contributed by atoms with van der Waals surface area (Å²) in [5.74, 6) is 0. The number of rotatable bonds is 8. The molecular weight excluding hydrogens is 240 g/mol. The van der Waals surface area contributed by atoms with E-state index in [1.807, 2.05) is 26.0 Å². The standard InChI is InChI=1S/C15H22N2O2/c1-12(2)17-19-9-3-4-13-5-7-14(8-6-13)10-15(16)11-18/h5-8,11,15H,3-4,9-10,16H2,1-2H3. The van der Waals surface area contributed by atoms with Gasteiger partial charge in [-0.15, -0.1) is 0 Å². The Bertz CT molecular complexity index is 409. The molecule has 1 aromatic rings. The van der Waals surface area contributed by atoms with E-state index in [9.17, 15) is 4.79 Å². The van der Waals surface area contributed by atoms with Crippen molar-refractivity contribution in [3.63, 3.8) is 0 Å². The van der Waals surface area contributed by atoms with E-state index in [0.717, 1.165) is 30.4 Å². The lowest BCUT2D eigenvalue weighted by atomic mass is 10.0. The van der Waals surface area contributed by atoms with Crippen LogP contribution < -0.4 is 5.73 Å². The molecule has 2 N–H and O–H groups in total. The molecule has 1 unspecified atom stereocenters. The highest BCUT2D eigenvalue weighted by molar-refractivity contribution is 5.78. The second-order valence-corrected chi connectivity index (χ2v) is 4.80. The number of nitrogens with two attached hydrogens (primary N) is 1. The minimum Gasteiger partial charge on any atom is -0.396 e. The van der Waals surface area contributed by atoms with E-state index in [1.165, 1.54) is 5.56 Å². The third-order valence-electron chi connectivity index (χ3n) is 2.62. The van der Waals surface area contributed by atoms with Crippen LogP contribution >= 0.6 is 0 Å². The molecule has 0 heterocycles. The number of aldehydes is 1. The van der Waals surface area contributed by atoms with Gasteiger partial charge in [-0.25, -0.2) is 0 Å². The lowest BCUT2D eigenvalue weighted by Crippen LogP contribution is -2.23. The Kier molecular flexibility index (Phi) is 6.82. The van der Waals surface area contributed by atoms with Gasteiger partial charge in [0.25, 0.3) is 0 Å². The maximum absolute atomic E-state index is 10.5. The van der Waals surface area contributed by atoms with Crippen LogP contribution in [-0.2, 0) is 22.5 Å². The van der Waals surface area contributed by atoms with Crippen molar-refractivity contribution in [1.29, 1.82) is 0 Å². The molecule has 1 atom stereocenters. The predicted octanol–water partition coefficient (Wildman–Crippen LogP) is 2.10.